The molecule has 3 aliphatic rings. The molecular weight excluding hydrogens is 602 g/mol. The van der Waals surface area contributed by atoms with Crippen molar-refractivity contribution in [1.82, 2.24) is 29.8 Å². The van der Waals surface area contributed by atoms with Gasteiger partial charge in [0.2, 0.25) is 5.88 Å². The molecule has 0 aromatic carbocycles. The van der Waals surface area contributed by atoms with Gasteiger partial charge in [0.1, 0.15) is 11.0 Å². The summed E-state index contributed by atoms with van der Waals surface area (Å²) >= 11 is 6.32. The van der Waals surface area contributed by atoms with E-state index in [1.165, 1.54) is 42.5 Å². The lowest BCUT2D eigenvalue weighted by atomic mass is 9.69. The predicted molar refractivity (Wildman–Crippen MR) is 168 cm³/mol. The minimum Gasteiger partial charge on any atom is -0.477 e. The number of carbonyl (C=O) groups is 1. The highest BCUT2D eigenvalue weighted by Gasteiger charge is 2.54. The van der Waals surface area contributed by atoms with Crippen LogP contribution in [0.1, 0.15) is 75.6 Å². The topological polar surface area (TPSA) is 140 Å². The number of nitrogens with zero attached hydrogens (tertiary/aromatic N) is 4. The van der Waals surface area contributed by atoms with E-state index in [1.807, 2.05) is 0 Å². The molecule has 1 saturated heterocycles. The first kappa shape index (κ1) is 30.8. The fraction of sp³-hybridized carbons (Fsp3) is 0.548. The number of rotatable bonds is 13. The summed E-state index contributed by atoms with van der Waals surface area (Å²) in [6.45, 7) is 6.73. The van der Waals surface area contributed by atoms with Crippen molar-refractivity contribution in [2.45, 2.75) is 75.8 Å². The van der Waals surface area contributed by atoms with Gasteiger partial charge in [-0.1, -0.05) is 17.7 Å². The van der Waals surface area contributed by atoms with Gasteiger partial charge in [0.05, 0.1) is 12.2 Å². The van der Waals surface area contributed by atoms with Gasteiger partial charge < -0.3 is 15.4 Å². The van der Waals surface area contributed by atoms with Gasteiger partial charge in [-0.2, -0.15) is 8.42 Å². The minimum atomic E-state index is -4.26. The van der Waals surface area contributed by atoms with Crippen LogP contribution in [0.2, 0.25) is 5.15 Å². The lowest BCUT2D eigenvalue weighted by Gasteiger charge is -2.37. The van der Waals surface area contributed by atoms with E-state index in [4.69, 9.17) is 16.3 Å². The number of anilines is 1. The van der Waals surface area contributed by atoms with E-state index >= 15 is 0 Å². The highest BCUT2D eigenvalue weighted by Crippen LogP contribution is 2.65. The first-order chi connectivity index (χ1) is 21.0. The van der Waals surface area contributed by atoms with Crippen LogP contribution in [0.15, 0.2) is 47.6 Å². The summed E-state index contributed by atoms with van der Waals surface area (Å²) in [5.74, 6) is 1.77. The molecular formula is C31H40ClN7O4S. The van der Waals surface area contributed by atoms with Crippen LogP contribution in [-0.2, 0) is 10.0 Å². The Morgan fingerprint density at radius 1 is 1.14 bits per heavy atom. The zero-order valence-corrected chi connectivity index (χ0v) is 26.8. The molecule has 3 fully saturated rings. The molecule has 236 valence electrons. The predicted octanol–water partition coefficient (Wildman–Crippen LogP) is 4.97. The second kappa shape index (κ2) is 12.3. The molecule has 44 heavy (non-hydrogen) atoms. The van der Waals surface area contributed by atoms with E-state index in [0.29, 0.717) is 42.0 Å². The standard InChI is InChI=1S/C31H40ClN7O4S/c1-30(2)19-21(20-34-30)5-4-16-33-24-6-3-7-27(35-24)44(41,42)38-29(40)23-8-9-25(36-28(23)32)39-17-11-26(37-39)43-18-12-22-10-13-31(22)14-15-31/h3,6-9,11,17,21-22,34H,4-5,10,12-16,18-20H2,1-2H3,(H,33,35)(H,38,40). The molecule has 6 rings (SSSR count). The molecule has 3 N–H and O–H groups in total. The highest BCUT2D eigenvalue weighted by atomic mass is 35.5. The SMILES string of the molecule is CC1(C)CC(CCCNc2cccc(S(=O)(=O)NC(=O)c3ccc(-n4ccc(OCCC5CCC56CC6)n4)nc3Cl)n2)CN1. The fourth-order valence-corrected chi connectivity index (χ4v) is 7.73. The Morgan fingerprint density at radius 2 is 1.98 bits per heavy atom. The maximum atomic E-state index is 13.0. The lowest BCUT2D eigenvalue weighted by molar-refractivity contribution is 0.0981. The second-order valence-electron chi connectivity index (χ2n) is 13.0. The fourth-order valence-electron chi connectivity index (χ4n) is 6.56. The van der Waals surface area contributed by atoms with Crippen LogP contribution >= 0.6 is 11.6 Å². The van der Waals surface area contributed by atoms with Gasteiger partial charge in [-0.15, -0.1) is 5.10 Å². The summed E-state index contributed by atoms with van der Waals surface area (Å²) < 4.78 is 35.4. The number of sulfonamides is 1. The quantitative estimate of drug-likeness (QED) is 0.174. The number of hydrogen-bond acceptors (Lipinski definition) is 9. The highest BCUT2D eigenvalue weighted by molar-refractivity contribution is 7.90. The van der Waals surface area contributed by atoms with Crippen LogP contribution < -0.4 is 20.1 Å². The van der Waals surface area contributed by atoms with E-state index < -0.39 is 15.9 Å². The third kappa shape index (κ3) is 7.02. The summed E-state index contributed by atoms with van der Waals surface area (Å²) in [5, 5.41) is 10.7. The van der Waals surface area contributed by atoms with Crippen molar-refractivity contribution in [3.8, 4) is 11.7 Å². The van der Waals surface area contributed by atoms with Gasteiger partial charge in [-0.05, 0) is 113 Å². The molecule has 1 amide bonds. The van der Waals surface area contributed by atoms with E-state index in [0.717, 1.165) is 38.1 Å². The van der Waals surface area contributed by atoms with Crippen LogP contribution in [0.25, 0.3) is 5.82 Å². The molecule has 0 bridgehead atoms. The molecule has 1 spiro atoms. The van der Waals surface area contributed by atoms with Gasteiger partial charge >= 0.3 is 0 Å². The largest absolute Gasteiger partial charge is 0.477 e. The van der Waals surface area contributed by atoms with Crippen molar-refractivity contribution >= 4 is 33.3 Å². The number of amides is 1. The number of pyridine rings is 2. The molecule has 2 atom stereocenters. The monoisotopic (exact) mass is 641 g/mol. The zero-order chi connectivity index (χ0) is 31.0. The minimum absolute atomic E-state index is 0.0871. The van der Waals surface area contributed by atoms with Crippen LogP contribution in [0.5, 0.6) is 5.88 Å². The van der Waals surface area contributed by atoms with Crippen molar-refractivity contribution in [2.24, 2.45) is 17.3 Å². The van der Waals surface area contributed by atoms with Crippen molar-refractivity contribution in [3.63, 3.8) is 0 Å². The van der Waals surface area contributed by atoms with Gasteiger partial charge in [-0.25, -0.2) is 19.4 Å². The zero-order valence-electron chi connectivity index (χ0n) is 25.2. The van der Waals surface area contributed by atoms with Gasteiger partial charge in [-0.3, -0.25) is 4.79 Å². The van der Waals surface area contributed by atoms with Crippen molar-refractivity contribution in [1.29, 1.82) is 0 Å². The molecule has 3 aromatic heterocycles. The molecule has 1 aliphatic heterocycles. The van der Waals surface area contributed by atoms with Crippen molar-refractivity contribution in [3.05, 3.63) is 53.3 Å². The Bertz CT molecular complexity index is 1620. The number of hydrogen-bond donors (Lipinski definition) is 3. The van der Waals surface area contributed by atoms with Gasteiger partial charge in [0.15, 0.2) is 10.8 Å². The Kier molecular flexibility index (Phi) is 8.60. The van der Waals surface area contributed by atoms with Crippen LogP contribution in [0, 0.1) is 17.3 Å². The van der Waals surface area contributed by atoms with E-state index in [2.05, 4.69) is 44.3 Å². The molecule has 2 saturated carbocycles. The normalized spacial score (nSPS) is 21.5. The van der Waals surface area contributed by atoms with E-state index in [9.17, 15) is 13.2 Å². The Labute approximate surface area is 263 Å². The van der Waals surface area contributed by atoms with Crippen LogP contribution in [0.3, 0.4) is 0 Å². The Morgan fingerprint density at radius 3 is 2.68 bits per heavy atom. The summed E-state index contributed by atoms with van der Waals surface area (Å²) in [7, 11) is -4.26. The Balaban J connectivity index is 1.01. The van der Waals surface area contributed by atoms with Crippen molar-refractivity contribution in [2.75, 3.05) is 25.0 Å². The number of carbonyl (C=O) groups excluding carboxylic acids is 1. The molecule has 2 aliphatic carbocycles. The lowest BCUT2D eigenvalue weighted by Crippen LogP contribution is -2.31. The molecule has 13 heteroatoms. The molecule has 0 radical (unpaired) electrons. The smallest absolute Gasteiger partial charge is 0.281 e. The van der Waals surface area contributed by atoms with Gasteiger partial charge in [0, 0.05) is 24.3 Å². The van der Waals surface area contributed by atoms with Crippen LogP contribution in [-0.4, -0.2) is 59.3 Å². The first-order valence-electron chi connectivity index (χ1n) is 15.4. The van der Waals surface area contributed by atoms with E-state index in [1.54, 1.807) is 30.5 Å². The third-order valence-electron chi connectivity index (χ3n) is 9.33. The summed E-state index contributed by atoms with van der Waals surface area (Å²) in [6, 6.07) is 9.32. The van der Waals surface area contributed by atoms with Gasteiger partial charge in [0.25, 0.3) is 15.9 Å². The molecule has 11 nitrogen and oxygen atoms in total. The van der Waals surface area contributed by atoms with E-state index in [-0.39, 0.29) is 21.3 Å². The summed E-state index contributed by atoms with van der Waals surface area (Å²) in [5.41, 5.74) is 0.719. The maximum absolute atomic E-state index is 13.0. The molecule has 3 aromatic rings. The third-order valence-corrected chi connectivity index (χ3v) is 10.9. The summed E-state index contributed by atoms with van der Waals surface area (Å²) in [6.07, 6.45) is 11.3. The maximum Gasteiger partial charge on any atom is 0.281 e. The number of ether oxygens (including phenoxy) is 1. The average Bonchev–Trinajstić information content (AvgIpc) is 3.57. The average molecular weight is 642 g/mol. The number of nitrogens with one attached hydrogen (secondary N) is 3. The van der Waals surface area contributed by atoms with Crippen molar-refractivity contribution < 1.29 is 17.9 Å². The number of aromatic nitrogens is 4. The molecule has 4 heterocycles. The second-order valence-corrected chi connectivity index (χ2v) is 15.0. The van der Waals surface area contributed by atoms with Crippen LogP contribution in [0.4, 0.5) is 5.82 Å². The molecule has 2 unspecified atom stereocenters. The first-order valence-corrected chi connectivity index (χ1v) is 17.3. The number of halogens is 1. The Hall–Kier alpha value is -3.22. The summed E-state index contributed by atoms with van der Waals surface area (Å²) in [4.78, 5) is 21.4.